The van der Waals surface area contributed by atoms with Crippen LogP contribution in [0, 0.1) is 0 Å². The molecule has 96 valence electrons. The zero-order chi connectivity index (χ0) is 12.8. The van der Waals surface area contributed by atoms with E-state index in [0.29, 0.717) is 6.42 Å². The van der Waals surface area contributed by atoms with E-state index in [9.17, 15) is 13.2 Å². The summed E-state index contributed by atoms with van der Waals surface area (Å²) in [5.74, 6) is -1.13. The number of aliphatic carboxylic acids is 1. The molecule has 0 aromatic carbocycles. The van der Waals surface area contributed by atoms with Crippen LogP contribution in [0.25, 0.3) is 0 Å². The number of rotatable bonds is 8. The Labute approximate surface area is 97.3 Å². The van der Waals surface area contributed by atoms with E-state index in [1.54, 1.807) is 13.8 Å². The summed E-state index contributed by atoms with van der Waals surface area (Å²) < 4.78 is 25.6. The van der Waals surface area contributed by atoms with Crippen molar-refractivity contribution >= 4 is 16.0 Å². The van der Waals surface area contributed by atoms with Gasteiger partial charge in [-0.25, -0.2) is 8.42 Å². The van der Waals surface area contributed by atoms with E-state index < -0.39 is 21.5 Å². The molecule has 0 bridgehead atoms. The van der Waals surface area contributed by atoms with Gasteiger partial charge in [-0.1, -0.05) is 27.2 Å². The van der Waals surface area contributed by atoms with Crippen molar-refractivity contribution in [2.24, 2.45) is 0 Å². The lowest BCUT2D eigenvalue weighted by Crippen LogP contribution is -2.54. The molecule has 0 spiro atoms. The van der Waals surface area contributed by atoms with Crippen LogP contribution in [0.1, 0.15) is 46.5 Å². The lowest BCUT2D eigenvalue weighted by atomic mass is 9.95. The predicted molar refractivity (Wildman–Crippen MR) is 62.8 cm³/mol. The first-order valence-electron chi connectivity index (χ1n) is 5.58. The van der Waals surface area contributed by atoms with Crippen molar-refractivity contribution in [1.29, 1.82) is 0 Å². The SMILES string of the molecule is CCCCS(=O)(=O)NC(CC)(CC)C(=O)O. The molecule has 0 amide bonds. The van der Waals surface area contributed by atoms with E-state index in [2.05, 4.69) is 4.72 Å². The number of nitrogens with one attached hydrogen (secondary N) is 1. The normalized spacial score (nSPS) is 12.7. The van der Waals surface area contributed by atoms with Crippen LogP contribution in [0.15, 0.2) is 0 Å². The number of sulfonamides is 1. The largest absolute Gasteiger partial charge is 0.480 e. The molecule has 0 radical (unpaired) electrons. The van der Waals surface area contributed by atoms with Crippen LogP contribution in [0.2, 0.25) is 0 Å². The quantitative estimate of drug-likeness (QED) is 0.682. The van der Waals surface area contributed by atoms with Crippen molar-refractivity contribution in [2.45, 2.75) is 52.0 Å². The minimum absolute atomic E-state index is 0.0153. The summed E-state index contributed by atoms with van der Waals surface area (Å²) in [6.07, 6.45) is 1.78. The molecule has 0 unspecified atom stereocenters. The van der Waals surface area contributed by atoms with Crippen LogP contribution >= 0.6 is 0 Å². The van der Waals surface area contributed by atoms with Gasteiger partial charge in [-0.05, 0) is 19.3 Å². The van der Waals surface area contributed by atoms with Crippen LogP contribution in [0.3, 0.4) is 0 Å². The number of carboxylic acids is 1. The molecule has 2 N–H and O–H groups in total. The molecule has 0 aliphatic heterocycles. The highest BCUT2D eigenvalue weighted by Crippen LogP contribution is 2.17. The Morgan fingerprint density at radius 2 is 1.75 bits per heavy atom. The molecule has 0 saturated heterocycles. The predicted octanol–water partition coefficient (Wildman–Crippen LogP) is 1.35. The lowest BCUT2D eigenvalue weighted by Gasteiger charge is -2.27. The maximum atomic E-state index is 11.7. The van der Waals surface area contributed by atoms with E-state index in [1.807, 2.05) is 6.92 Å². The first-order valence-corrected chi connectivity index (χ1v) is 7.23. The van der Waals surface area contributed by atoms with Gasteiger partial charge in [0.2, 0.25) is 10.0 Å². The molecule has 0 heterocycles. The Bertz CT molecular complexity index is 320. The molecule has 0 aromatic rings. The van der Waals surface area contributed by atoms with Crippen LogP contribution in [0.4, 0.5) is 0 Å². The molecule has 0 atom stereocenters. The first-order chi connectivity index (χ1) is 7.33. The fourth-order valence-electron chi connectivity index (χ4n) is 1.42. The Hall–Kier alpha value is -0.620. The minimum Gasteiger partial charge on any atom is -0.480 e. The third-order valence-electron chi connectivity index (χ3n) is 2.73. The maximum Gasteiger partial charge on any atom is 0.324 e. The smallest absolute Gasteiger partial charge is 0.324 e. The molecule has 0 fully saturated rings. The van der Waals surface area contributed by atoms with E-state index >= 15 is 0 Å². The first kappa shape index (κ1) is 15.4. The fourth-order valence-corrected chi connectivity index (χ4v) is 3.17. The number of hydrogen-bond donors (Lipinski definition) is 2. The minimum atomic E-state index is -3.50. The molecule has 0 saturated carbocycles. The molecule has 16 heavy (non-hydrogen) atoms. The summed E-state index contributed by atoms with van der Waals surface area (Å²) in [6.45, 7) is 5.22. The highest BCUT2D eigenvalue weighted by molar-refractivity contribution is 7.89. The van der Waals surface area contributed by atoms with Gasteiger partial charge in [0.15, 0.2) is 0 Å². The molecule has 6 heteroatoms. The zero-order valence-electron chi connectivity index (χ0n) is 10.1. The van der Waals surface area contributed by atoms with Crippen LogP contribution in [-0.4, -0.2) is 30.8 Å². The lowest BCUT2D eigenvalue weighted by molar-refractivity contribution is -0.144. The average Bonchev–Trinajstić information content (AvgIpc) is 2.23. The average molecular weight is 251 g/mol. The summed E-state index contributed by atoms with van der Waals surface area (Å²) in [4.78, 5) is 11.1. The second-order valence-corrected chi connectivity index (χ2v) is 5.71. The highest BCUT2D eigenvalue weighted by atomic mass is 32.2. The third kappa shape index (κ3) is 4.09. The van der Waals surface area contributed by atoms with Gasteiger partial charge in [0, 0.05) is 0 Å². The molecule has 0 aliphatic carbocycles. The van der Waals surface area contributed by atoms with Crippen molar-refractivity contribution in [1.82, 2.24) is 4.72 Å². The van der Waals surface area contributed by atoms with Crippen LogP contribution < -0.4 is 4.72 Å². The topological polar surface area (TPSA) is 83.5 Å². The monoisotopic (exact) mass is 251 g/mol. The Morgan fingerprint density at radius 1 is 1.25 bits per heavy atom. The van der Waals surface area contributed by atoms with Crippen molar-refractivity contribution < 1.29 is 18.3 Å². The van der Waals surface area contributed by atoms with Crippen LogP contribution in [0.5, 0.6) is 0 Å². The molecule has 5 nitrogen and oxygen atoms in total. The van der Waals surface area contributed by atoms with Gasteiger partial charge in [-0.3, -0.25) is 4.79 Å². The van der Waals surface area contributed by atoms with E-state index in [1.165, 1.54) is 0 Å². The summed E-state index contributed by atoms with van der Waals surface area (Å²) in [7, 11) is -3.50. The van der Waals surface area contributed by atoms with Gasteiger partial charge in [0.25, 0.3) is 0 Å². The summed E-state index contributed by atoms with van der Waals surface area (Å²) in [5.41, 5.74) is -1.35. The van der Waals surface area contributed by atoms with E-state index in [4.69, 9.17) is 5.11 Å². The highest BCUT2D eigenvalue weighted by Gasteiger charge is 2.38. The summed E-state index contributed by atoms with van der Waals surface area (Å²) in [6, 6.07) is 0. The maximum absolute atomic E-state index is 11.7. The molecular weight excluding hydrogens is 230 g/mol. The van der Waals surface area contributed by atoms with Crippen molar-refractivity contribution in [3.05, 3.63) is 0 Å². The number of unbranched alkanes of at least 4 members (excludes halogenated alkanes) is 1. The second-order valence-electron chi connectivity index (χ2n) is 3.87. The van der Waals surface area contributed by atoms with E-state index in [0.717, 1.165) is 6.42 Å². The second kappa shape index (κ2) is 6.20. The zero-order valence-corrected chi connectivity index (χ0v) is 10.9. The molecular formula is C10H21NO4S. The standard InChI is InChI=1S/C10H21NO4S/c1-4-7-8-16(14,15)11-10(5-2,6-3)9(12)13/h11H,4-8H2,1-3H3,(H,12,13). The van der Waals surface area contributed by atoms with E-state index in [-0.39, 0.29) is 18.6 Å². The van der Waals surface area contributed by atoms with Gasteiger partial charge in [-0.15, -0.1) is 0 Å². The Morgan fingerprint density at radius 3 is 2.06 bits per heavy atom. The molecule has 0 aliphatic rings. The number of hydrogen-bond acceptors (Lipinski definition) is 3. The number of carboxylic acid groups (broad SMARTS) is 1. The van der Waals surface area contributed by atoms with Gasteiger partial charge in [0.1, 0.15) is 5.54 Å². The van der Waals surface area contributed by atoms with Crippen molar-refractivity contribution in [3.63, 3.8) is 0 Å². The van der Waals surface area contributed by atoms with Gasteiger partial charge < -0.3 is 5.11 Å². The number of carbonyl (C=O) groups is 1. The summed E-state index contributed by atoms with van der Waals surface area (Å²) in [5, 5.41) is 9.09. The fraction of sp³-hybridized carbons (Fsp3) is 0.900. The summed E-state index contributed by atoms with van der Waals surface area (Å²) >= 11 is 0. The van der Waals surface area contributed by atoms with Crippen molar-refractivity contribution in [2.75, 3.05) is 5.75 Å². The Kier molecular flexibility index (Phi) is 5.96. The van der Waals surface area contributed by atoms with Crippen molar-refractivity contribution in [3.8, 4) is 0 Å². The van der Waals surface area contributed by atoms with Gasteiger partial charge in [0.05, 0.1) is 5.75 Å². The third-order valence-corrected chi connectivity index (χ3v) is 4.26. The Balaban J connectivity index is 4.82. The van der Waals surface area contributed by atoms with Crippen LogP contribution in [-0.2, 0) is 14.8 Å². The van der Waals surface area contributed by atoms with Gasteiger partial charge in [-0.2, -0.15) is 4.72 Å². The molecule has 0 rings (SSSR count). The van der Waals surface area contributed by atoms with Gasteiger partial charge >= 0.3 is 5.97 Å². The molecule has 0 aromatic heterocycles.